The molecule has 1 N–H and O–H groups in total. The lowest BCUT2D eigenvalue weighted by molar-refractivity contribution is -0.144. The quantitative estimate of drug-likeness (QED) is 0.497. The van der Waals surface area contributed by atoms with Crippen LogP contribution in [0.5, 0.6) is 5.75 Å². The maximum Gasteiger partial charge on any atom is 0.344 e. The average Bonchev–Trinajstić information content (AvgIpc) is 3.12. The van der Waals surface area contributed by atoms with Gasteiger partial charge in [-0.1, -0.05) is 45.2 Å². The molecule has 0 bridgehead atoms. The zero-order valence-electron chi connectivity index (χ0n) is 14.4. The van der Waals surface area contributed by atoms with Crippen LogP contribution in [0.2, 0.25) is 10.0 Å². The Morgan fingerprint density at radius 1 is 1.18 bits per heavy atom. The minimum Gasteiger partial charge on any atom is -0.479 e. The van der Waals surface area contributed by atoms with Crippen LogP contribution in [0.3, 0.4) is 0 Å². The van der Waals surface area contributed by atoms with Crippen LogP contribution in [0.4, 0.5) is 0 Å². The van der Waals surface area contributed by atoms with Crippen molar-refractivity contribution < 1.29 is 19.4 Å². The summed E-state index contributed by atoms with van der Waals surface area (Å²) in [6, 6.07) is 11.3. The number of halogens is 3. The lowest BCUT2D eigenvalue weighted by Crippen LogP contribution is -2.24. The van der Waals surface area contributed by atoms with Crippen LogP contribution in [0, 0.1) is 0 Å². The van der Waals surface area contributed by atoms with Crippen molar-refractivity contribution in [2.24, 2.45) is 0 Å². The number of carboxylic acids is 1. The topological polar surface area (TPSA) is 81.4 Å². The molecule has 0 radical (unpaired) electrons. The van der Waals surface area contributed by atoms with E-state index in [1.807, 2.05) is 0 Å². The van der Waals surface area contributed by atoms with Gasteiger partial charge in [-0.2, -0.15) is 5.10 Å². The Hall–Kier alpha value is -2.35. The molecule has 1 unspecified atom stereocenters. The summed E-state index contributed by atoms with van der Waals surface area (Å²) in [5, 5.41) is 14.1. The van der Waals surface area contributed by atoms with Gasteiger partial charge in [0.05, 0.1) is 15.6 Å². The zero-order valence-corrected chi connectivity index (χ0v) is 17.5. The van der Waals surface area contributed by atoms with Gasteiger partial charge in [0.1, 0.15) is 17.1 Å². The van der Waals surface area contributed by atoms with Crippen LogP contribution in [-0.4, -0.2) is 32.7 Å². The molecule has 3 rings (SSSR count). The van der Waals surface area contributed by atoms with Gasteiger partial charge in [0, 0.05) is 10.7 Å². The highest BCUT2D eigenvalue weighted by Gasteiger charge is 2.22. The molecule has 0 aliphatic carbocycles. The summed E-state index contributed by atoms with van der Waals surface area (Å²) in [5.41, 5.74) is 0.759. The Kier molecular flexibility index (Phi) is 6.07. The van der Waals surface area contributed by atoms with E-state index in [9.17, 15) is 9.59 Å². The fourth-order valence-corrected chi connectivity index (χ4v) is 3.37. The van der Waals surface area contributed by atoms with Crippen molar-refractivity contribution >= 4 is 50.9 Å². The minimum absolute atomic E-state index is 0.127. The average molecular weight is 484 g/mol. The molecule has 0 saturated carbocycles. The van der Waals surface area contributed by atoms with Gasteiger partial charge in [0.25, 0.3) is 0 Å². The number of aliphatic carboxylic acids is 1. The number of benzene rings is 2. The van der Waals surface area contributed by atoms with E-state index >= 15 is 0 Å². The number of hydrogen-bond donors (Lipinski definition) is 1. The van der Waals surface area contributed by atoms with E-state index in [0.29, 0.717) is 20.2 Å². The molecular formula is C19H13BrCl2N2O4. The van der Waals surface area contributed by atoms with Crippen molar-refractivity contribution in [1.82, 2.24) is 9.78 Å². The second kappa shape index (κ2) is 8.34. The summed E-state index contributed by atoms with van der Waals surface area (Å²) in [6.07, 6.45) is 0.450. The number of hydrogen-bond acceptors (Lipinski definition) is 4. The monoisotopic (exact) mass is 482 g/mol. The third kappa shape index (κ3) is 4.22. The van der Waals surface area contributed by atoms with Crippen molar-refractivity contribution in [3.8, 4) is 11.4 Å². The molecule has 0 amide bonds. The van der Waals surface area contributed by atoms with Crippen LogP contribution in [0.15, 0.2) is 53.1 Å². The molecule has 6 nitrogen and oxygen atoms in total. The largest absolute Gasteiger partial charge is 0.479 e. The number of ketones is 1. The molecule has 3 aromatic rings. The number of carbonyl (C=O) groups excluding carboxylic acids is 1. The summed E-state index contributed by atoms with van der Waals surface area (Å²) in [5.74, 6) is -1.43. The van der Waals surface area contributed by atoms with Crippen molar-refractivity contribution in [3.63, 3.8) is 0 Å². The first kappa shape index (κ1) is 20.4. The molecule has 2 aromatic carbocycles. The first-order valence-corrected chi connectivity index (χ1v) is 9.56. The third-order valence-electron chi connectivity index (χ3n) is 3.83. The molecule has 0 saturated heterocycles. The molecular weight excluding hydrogens is 471 g/mol. The first-order chi connectivity index (χ1) is 13.3. The Bertz CT molecular complexity index is 1050. The van der Waals surface area contributed by atoms with Gasteiger partial charge in [0.15, 0.2) is 6.10 Å². The lowest BCUT2D eigenvalue weighted by Gasteiger charge is -2.13. The fraction of sp³-hybridized carbons (Fsp3) is 0.105. The van der Waals surface area contributed by atoms with Crippen molar-refractivity contribution in [3.05, 3.63) is 74.4 Å². The SMILES string of the molecule is CC(Oc1ccc(Br)cc1C(=O)c1ccn(-c2c(Cl)cccc2Cl)n1)C(=O)O. The summed E-state index contributed by atoms with van der Waals surface area (Å²) in [4.78, 5) is 24.1. The van der Waals surface area contributed by atoms with E-state index in [1.165, 1.54) is 23.7 Å². The highest BCUT2D eigenvalue weighted by Crippen LogP contribution is 2.29. The van der Waals surface area contributed by atoms with Crippen LogP contribution >= 0.6 is 39.1 Å². The molecule has 1 atom stereocenters. The number of ether oxygens (including phenoxy) is 1. The van der Waals surface area contributed by atoms with Gasteiger partial charge in [-0.15, -0.1) is 0 Å². The Morgan fingerprint density at radius 2 is 1.86 bits per heavy atom. The summed E-state index contributed by atoms with van der Waals surface area (Å²) in [6.45, 7) is 1.38. The molecule has 144 valence electrons. The second-order valence-electron chi connectivity index (χ2n) is 5.78. The smallest absolute Gasteiger partial charge is 0.344 e. The Labute approximate surface area is 178 Å². The van der Waals surface area contributed by atoms with Crippen LogP contribution < -0.4 is 4.74 Å². The minimum atomic E-state index is -1.14. The Balaban J connectivity index is 1.99. The van der Waals surface area contributed by atoms with E-state index in [4.69, 9.17) is 33.0 Å². The van der Waals surface area contributed by atoms with Crippen LogP contribution in [0.25, 0.3) is 5.69 Å². The third-order valence-corrected chi connectivity index (χ3v) is 4.93. The summed E-state index contributed by atoms with van der Waals surface area (Å²) in [7, 11) is 0. The second-order valence-corrected chi connectivity index (χ2v) is 7.51. The van der Waals surface area contributed by atoms with E-state index in [0.717, 1.165) is 0 Å². The van der Waals surface area contributed by atoms with Gasteiger partial charge in [0.2, 0.25) is 5.78 Å². The predicted octanol–water partition coefficient (Wildman–Crippen LogP) is 5.02. The molecule has 0 aliphatic rings. The van der Waals surface area contributed by atoms with Crippen molar-refractivity contribution in [2.75, 3.05) is 0 Å². The number of carboxylic acid groups (broad SMARTS) is 1. The molecule has 0 spiro atoms. The first-order valence-electron chi connectivity index (χ1n) is 8.01. The van der Waals surface area contributed by atoms with E-state index in [-0.39, 0.29) is 17.0 Å². The molecule has 0 fully saturated rings. The number of para-hydroxylation sites is 1. The number of rotatable bonds is 6. The molecule has 0 aliphatic heterocycles. The highest BCUT2D eigenvalue weighted by molar-refractivity contribution is 9.10. The molecule has 1 aromatic heterocycles. The van der Waals surface area contributed by atoms with Gasteiger partial charge < -0.3 is 9.84 Å². The van der Waals surface area contributed by atoms with Crippen molar-refractivity contribution in [1.29, 1.82) is 0 Å². The molecule has 9 heteroatoms. The number of nitrogens with zero attached hydrogens (tertiary/aromatic N) is 2. The zero-order chi connectivity index (χ0) is 20.4. The van der Waals surface area contributed by atoms with Crippen molar-refractivity contribution in [2.45, 2.75) is 13.0 Å². The molecule has 28 heavy (non-hydrogen) atoms. The number of aromatic nitrogens is 2. The van der Waals surface area contributed by atoms with Gasteiger partial charge in [-0.05, 0) is 43.3 Å². The van der Waals surface area contributed by atoms with E-state index < -0.39 is 17.9 Å². The summed E-state index contributed by atoms with van der Waals surface area (Å²) >= 11 is 15.7. The van der Waals surface area contributed by atoms with Crippen LogP contribution in [0.1, 0.15) is 23.0 Å². The maximum absolute atomic E-state index is 13.0. The fourth-order valence-electron chi connectivity index (χ4n) is 2.44. The van der Waals surface area contributed by atoms with E-state index in [1.54, 1.807) is 36.5 Å². The predicted molar refractivity (Wildman–Crippen MR) is 109 cm³/mol. The van der Waals surface area contributed by atoms with Gasteiger partial charge >= 0.3 is 5.97 Å². The maximum atomic E-state index is 13.0. The van der Waals surface area contributed by atoms with Gasteiger partial charge in [-0.25, -0.2) is 9.48 Å². The highest BCUT2D eigenvalue weighted by atomic mass is 79.9. The van der Waals surface area contributed by atoms with Gasteiger partial charge in [-0.3, -0.25) is 4.79 Å². The Morgan fingerprint density at radius 3 is 2.50 bits per heavy atom. The standard InChI is InChI=1S/C19H13BrCl2N2O4/c1-10(19(26)27)28-16-6-5-11(20)9-12(16)18(25)15-7-8-24(23-15)17-13(21)3-2-4-14(17)22/h2-10H,1H3,(H,26,27). The van der Waals surface area contributed by atoms with E-state index in [2.05, 4.69) is 21.0 Å². The van der Waals surface area contributed by atoms with Crippen LogP contribution in [-0.2, 0) is 4.79 Å². The molecule has 1 heterocycles. The number of carbonyl (C=O) groups is 2. The lowest BCUT2D eigenvalue weighted by atomic mass is 10.1. The summed E-state index contributed by atoms with van der Waals surface area (Å²) < 4.78 is 7.47. The normalized spacial score (nSPS) is 11.9.